The number of ether oxygens (including phenoxy) is 1. The molecule has 4 rings (SSSR count). The summed E-state index contributed by atoms with van der Waals surface area (Å²) in [5, 5.41) is 4.41. The molecule has 0 bridgehead atoms. The zero-order valence-corrected chi connectivity index (χ0v) is 14.2. The van der Waals surface area contributed by atoms with Gasteiger partial charge >= 0.3 is 11.7 Å². The second-order valence-electron chi connectivity index (χ2n) is 6.39. The van der Waals surface area contributed by atoms with Gasteiger partial charge in [-0.2, -0.15) is 5.10 Å². The second kappa shape index (κ2) is 7.00. The zero-order chi connectivity index (χ0) is 17.9. The van der Waals surface area contributed by atoms with Gasteiger partial charge in [-0.3, -0.25) is 4.79 Å². The molecule has 132 valence electrons. The maximum absolute atomic E-state index is 12.8. The van der Waals surface area contributed by atoms with Crippen LogP contribution in [0.5, 0.6) is 0 Å². The quantitative estimate of drug-likeness (QED) is 0.642. The third-order valence-corrected chi connectivity index (χ3v) is 4.34. The van der Waals surface area contributed by atoms with E-state index in [1.807, 2.05) is 60.7 Å². The van der Waals surface area contributed by atoms with Crippen molar-refractivity contribution in [3.63, 3.8) is 0 Å². The number of benzene rings is 2. The third-order valence-electron chi connectivity index (χ3n) is 4.34. The Kier molecular flexibility index (Phi) is 4.39. The lowest BCUT2D eigenvalue weighted by Gasteiger charge is -2.04. The Morgan fingerprint density at radius 1 is 1.04 bits per heavy atom. The molecule has 1 heterocycles. The van der Waals surface area contributed by atoms with Crippen LogP contribution in [-0.2, 0) is 22.7 Å². The molecule has 0 N–H and O–H groups in total. The van der Waals surface area contributed by atoms with Crippen molar-refractivity contribution in [1.29, 1.82) is 0 Å². The highest BCUT2D eigenvalue weighted by Gasteiger charge is 2.31. The van der Waals surface area contributed by atoms with Crippen LogP contribution in [0.1, 0.15) is 30.1 Å². The Bertz CT molecular complexity index is 957. The molecule has 0 spiro atoms. The number of aromatic nitrogens is 3. The van der Waals surface area contributed by atoms with Gasteiger partial charge in [0.25, 0.3) is 0 Å². The highest BCUT2D eigenvalue weighted by atomic mass is 16.5. The van der Waals surface area contributed by atoms with Crippen LogP contribution < -0.4 is 5.69 Å². The maximum Gasteiger partial charge on any atom is 0.351 e. The van der Waals surface area contributed by atoms with E-state index in [0.29, 0.717) is 0 Å². The molecule has 1 aliphatic carbocycles. The number of rotatable bonds is 6. The smallest absolute Gasteiger partial charge is 0.351 e. The van der Waals surface area contributed by atoms with Gasteiger partial charge < -0.3 is 4.74 Å². The predicted molar refractivity (Wildman–Crippen MR) is 96.0 cm³/mol. The van der Waals surface area contributed by atoms with E-state index in [9.17, 15) is 9.59 Å². The van der Waals surface area contributed by atoms with Crippen LogP contribution in [0.2, 0.25) is 0 Å². The molecule has 0 saturated heterocycles. The lowest BCUT2D eigenvalue weighted by atomic mass is 10.2. The minimum Gasteiger partial charge on any atom is -0.459 e. The van der Waals surface area contributed by atoms with Gasteiger partial charge in [-0.05, 0) is 30.5 Å². The molecule has 3 aromatic rings. The van der Waals surface area contributed by atoms with Crippen LogP contribution >= 0.6 is 0 Å². The molecule has 26 heavy (non-hydrogen) atoms. The van der Waals surface area contributed by atoms with Crippen molar-refractivity contribution in [2.45, 2.75) is 31.9 Å². The first-order valence-electron chi connectivity index (χ1n) is 8.67. The number of carbonyl (C=O) groups excluding carboxylic acids is 1. The highest BCUT2D eigenvalue weighted by molar-refractivity contribution is 5.69. The molecule has 0 amide bonds. The average Bonchev–Trinajstić information content (AvgIpc) is 3.47. The number of esters is 1. The number of para-hydroxylation sites is 1. The normalized spacial score (nSPS) is 13.5. The standard InChI is InChI=1S/C20H19N3O3/c24-18(26-14-15-7-3-1-4-8-15)13-22-20(25)23(17-9-5-2-6-10-17)19(21-22)16-11-12-16/h1-10,16H,11-14H2. The van der Waals surface area contributed by atoms with Crippen LogP contribution in [0.25, 0.3) is 5.69 Å². The van der Waals surface area contributed by atoms with Crippen LogP contribution in [0, 0.1) is 0 Å². The summed E-state index contributed by atoms with van der Waals surface area (Å²) in [6.45, 7) is -0.00544. The molecule has 1 saturated carbocycles. The van der Waals surface area contributed by atoms with Crippen molar-refractivity contribution < 1.29 is 9.53 Å². The molecule has 0 atom stereocenters. The van der Waals surface area contributed by atoms with E-state index in [1.54, 1.807) is 4.57 Å². The topological polar surface area (TPSA) is 66.1 Å². The molecule has 6 heteroatoms. The molecule has 2 aromatic carbocycles. The molecular formula is C20H19N3O3. The first kappa shape index (κ1) is 16.3. The molecule has 0 aliphatic heterocycles. The molecule has 1 aromatic heterocycles. The Morgan fingerprint density at radius 3 is 2.35 bits per heavy atom. The minimum absolute atomic E-state index is 0.184. The van der Waals surface area contributed by atoms with E-state index in [2.05, 4.69) is 5.10 Å². The highest BCUT2D eigenvalue weighted by Crippen LogP contribution is 2.39. The summed E-state index contributed by atoms with van der Waals surface area (Å²) in [4.78, 5) is 24.9. The SMILES string of the molecule is O=C(Cn1nc(C2CC2)n(-c2ccccc2)c1=O)OCc1ccccc1. The lowest BCUT2D eigenvalue weighted by molar-refractivity contribution is -0.146. The van der Waals surface area contributed by atoms with Gasteiger partial charge in [-0.25, -0.2) is 14.0 Å². The third kappa shape index (κ3) is 3.44. The molecule has 0 unspecified atom stereocenters. The van der Waals surface area contributed by atoms with Gasteiger partial charge in [-0.15, -0.1) is 0 Å². The first-order valence-corrected chi connectivity index (χ1v) is 8.67. The van der Waals surface area contributed by atoms with Gasteiger partial charge in [-0.1, -0.05) is 48.5 Å². The fourth-order valence-corrected chi connectivity index (χ4v) is 2.86. The predicted octanol–water partition coefficient (Wildman–Crippen LogP) is 2.65. The fraction of sp³-hybridized carbons (Fsp3) is 0.250. The summed E-state index contributed by atoms with van der Waals surface area (Å²) in [6, 6.07) is 18.8. The fourth-order valence-electron chi connectivity index (χ4n) is 2.86. The van der Waals surface area contributed by atoms with Crippen LogP contribution in [0.15, 0.2) is 65.5 Å². The molecule has 1 aliphatic rings. The Hall–Kier alpha value is -3.15. The van der Waals surface area contributed by atoms with E-state index in [-0.39, 0.29) is 24.8 Å². The molecular weight excluding hydrogens is 330 g/mol. The van der Waals surface area contributed by atoms with Crippen molar-refractivity contribution in [3.8, 4) is 5.69 Å². The van der Waals surface area contributed by atoms with Crippen LogP contribution in [0.3, 0.4) is 0 Å². The zero-order valence-electron chi connectivity index (χ0n) is 14.2. The Labute approximate surface area is 150 Å². The van der Waals surface area contributed by atoms with Gasteiger partial charge in [0.1, 0.15) is 19.0 Å². The van der Waals surface area contributed by atoms with E-state index in [0.717, 1.165) is 29.9 Å². The van der Waals surface area contributed by atoms with Gasteiger partial charge in [0.2, 0.25) is 0 Å². The maximum atomic E-state index is 12.8. The minimum atomic E-state index is -0.476. The lowest BCUT2D eigenvalue weighted by Crippen LogP contribution is -2.28. The van der Waals surface area contributed by atoms with Crippen LogP contribution in [0.4, 0.5) is 0 Å². The Morgan fingerprint density at radius 2 is 1.69 bits per heavy atom. The molecule has 1 fully saturated rings. The van der Waals surface area contributed by atoms with Crippen molar-refractivity contribution in [3.05, 3.63) is 82.5 Å². The van der Waals surface area contributed by atoms with Crippen molar-refractivity contribution in [2.75, 3.05) is 0 Å². The summed E-state index contributed by atoms with van der Waals surface area (Å²) in [6.07, 6.45) is 2.03. The summed E-state index contributed by atoms with van der Waals surface area (Å²) < 4.78 is 8.07. The average molecular weight is 349 g/mol. The number of nitrogens with zero attached hydrogens (tertiary/aromatic N) is 3. The summed E-state index contributed by atoms with van der Waals surface area (Å²) in [5.41, 5.74) is 1.36. The van der Waals surface area contributed by atoms with Crippen LogP contribution in [-0.4, -0.2) is 20.3 Å². The largest absolute Gasteiger partial charge is 0.459 e. The van der Waals surface area contributed by atoms with Gasteiger partial charge in [0.15, 0.2) is 0 Å². The molecule has 0 radical (unpaired) electrons. The number of hydrogen-bond acceptors (Lipinski definition) is 4. The Balaban J connectivity index is 1.54. The number of carbonyl (C=O) groups is 1. The summed E-state index contributed by atoms with van der Waals surface area (Å²) in [7, 11) is 0. The van der Waals surface area contributed by atoms with Crippen molar-refractivity contribution in [2.24, 2.45) is 0 Å². The van der Waals surface area contributed by atoms with Crippen molar-refractivity contribution in [1.82, 2.24) is 14.3 Å². The van der Waals surface area contributed by atoms with Gasteiger partial charge in [0, 0.05) is 5.92 Å². The second-order valence-corrected chi connectivity index (χ2v) is 6.39. The monoisotopic (exact) mass is 349 g/mol. The van der Waals surface area contributed by atoms with Crippen molar-refractivity contribution >= 4 is 5.97 Å². The molecule has 6 nitrogen and oxygen atoms in total. The van der Waals surface area contributed by atoms with E-state index >= 15 is 0 Å². The van der Waals surface area contributed by atoms with E-state index in [4.69, 9.17) is 4.74 Å². The first-order chi connectivity index (χ1) is 12.7. The van der Waals surface area contributed by atoms with Gasteiger partial charge in [0.05, 0.1) is 5.69 Å². The van der Waals surface area contributed by atoms with E-state index < -0.39 is 5.97 Å². The summed E-state index contributed by atoms with van der Waals surface area (Å²) >= 11 is 0. The van der Waals surface area contributed by atoms with E-state index in [1.165, 1.54) is 4.68 Å². The summed E-state index contributed by atoms with van der Waals surface area (Å²) in [5.74, 6) is 0.526. The number of hydrogen-bond donors (Lipinski definition) is 0.